The summed E-state index contributed by atoms with van der Waals surface area (Å²) in [5.41, 5.74) is 1.70. The highest BCUT2D eigenvalue weighted by Gasteiger charge is 2.62. The lowest BCUT2D eigenvalue weighted by Crippen LogP contribution is -2.64. The highest BCUT2D eigenvalue weighted by Crippen LogP contribution is 2.51. The molecule has 0 aliphatic carbocycles. The maximum atomic E-state index is 13.6. The Bertz CT molecular complexity index is 962. The maximum Gasteiger partial charge on any atom is 0.193 e. The number of methoxy groups -OCH3 is 2. The number of carbonyl (C=O) groups is 2. The number of carbonyl (C=O) groups excluding carboxylic acids is 2. The van der Waals surface area contributed by atoms with Crippen molar-refractivity contribution >= 4 is 22.9 Å². The molecule has 28 heavy (non-hydrogen) atoms. The lowest BCUT2D eigenvalue weighted by atomic mass is 9.73. The van der Waals surface area contributed by atoms with Crippen molar-refractivity contribution in [3.63, 3.8) is 0 Å². The number of fused-ring (bicyclic) bond motifs is 2. The molecule has 2 aromatic carbocycles. The molecule has 0 fully saturated rings. The van der Waals surface area contributed by atoms with Gasteiger partial charge in [-0.2, -0.15) is 0 Å². The van der Waals surface area contributed by atoms with E-state index in [2.05, 4.69) is 10.6 Å². The van der Waals surface area contributed by atoms with Gasteiger partial charge in [0.1, 0.15) is 22.6 Å². The van der Waals surface area contributed by atoms with Crippen LogP contribution in [-0.4, -0.2) is 36.9 Å². The third-order valence-electron chi connectivity index (χ3n) is 6.30. The number of ether oxygens (including phenoxy) is 2. The largest absolute Gasteiger partial charge is 0.495 e. The van der Waals surface area contributed by atoms with Crippen LogP contribution in [-0.2, 0) is 0 Å². The molecule has 0 aromatic heterocycles. The Kier molecular flexibility index (Phi) is 3.76. The Morgan fingerprint density at radius 3 is 1.39 bits per heavy atom. The summed E-state index contributed by atoms with van der Waals surface area (Å²) >= 11 is 0. The standard InChI is InChI=1S/C22H24N2O4/c1-11-7-9-13(27-5)17-15(11)19(25)21(3,23-17)22(4)20(26)16-12(2)8-10-14(28-6)18(16)24-22/h7-10,23-24H,1-6H3/t21-,22-/m1/s1. The molecule has 2 aromatic rings. The van der Waals surface area contributed by atoms with Crippen LogP contribution in [0.3, 0.4) is 0 Å². The predicted molar refractivity (Wildman–Crippen MR) is 108 cm³/mol. The van der Waals surface area contributed by atoms with E-state index in [0.717, 1.165) is 11.1 Å². The molecule has 0 bridgehead atoms. The third kappa shape index (κ3) is 2.03. The summed E-state index contributed by atoms with van der Waals surface area (Å²) in [6, 6.07) is 7.37. The molecule has 6 heteroatoms. The van der Waals surface area contributed by atoms with E-state index >= 15 is 0 Å². The summed E-state index contributed by atoms with van der Waals surface area (Å²) in [4.78, 5) is 27.2. The van der Waals surface area contributed by atoms with E-state index in [-0.39, 0.29) is 11.6 Å². The molecule has 4 rings (SSSR count). The SMILES string of the molecule is COc1ccc(C)c2c1N[C@@](C)([C@]1(C)Nc3c(OC)ccc(C)c3C1=O)C2=O. The molecule has 146 valence electrons. The molecule has 2 heterocycles. The molecule has 2 aliphatic heterocycles. The molecule has 6 nitrogen and oxygen atoms in total. The quantitative estimate of drug-likeness (QED) is 0.844. The second kappa shape index (κ2) is 5.74. The van der Waals surface area contributed by atoms with E-state index in [9.17, 15) is 9.59 Å². The van der Waals surface area contributed by atoms with Crippen molar-refractivity contribution in [3.05, 3.63) is 46.5 Å². The van der Waals surface area contributed by atoms with Gasteiger partial charge in [-0.1, -0.05) is 12.1 Å². The maximum absolute atomic E-state index is 13.6. The van der Waals surface area contributed by atoms with Crippen LogP contribution in [0.25, 0.3) is 0 Å². The number of benzene rings is 2. The number of anilines is 2. The number of nitrogens with one attached hydrogen (secondary N) is 2. The summed E-state index contributed by atoms with van der Waals surface area (Å²) in [7, 11) is 3.13. The Morgan fingerprint density at radius 2 is 1.07 bits per heavy atom. The van der Waals surface area contributed by atoms with Crippen LogP contribution in [0.5, 0.6) is 11.5 Å². The Morgan fingerprint density at radius 1 is 0.714 bits per heavy atom. The van der Waals surface area contributed by atoms with Crippen molar-refractivity contribution in [1.29, 1.82) is 0 Å². The molecule has 0 amide bonds. The molecule has 0 unspecified atom stereocenters. The third-order valence-corrected chi connectivity index (χ3v) is 6.30. The normalized spacial score (nSPS) is 25.1. The fourth-order valence-electron chi connectivity index (χ4n) is 4.37. The van der Waals surface area contributed by atoms with Crippen molar-refractivity contribution in [1.82, 2.24) is 0 Å². The van der Waals surface area contributed by atoms with Gasteiger partial charge in [-0.15, -0.1) is 0 Å². The summed E-state index contributed by atoms with van der Waals surface area (Å²) in [6.07, 6.45) is 0. The predicted octanol–water partition coefficient (Wildman–Crippen LogP) is 3.75. The fourth-order valence-corrected chi connectivity index (χ4v) is 4.37. The fraction of sp³-hybridized carbons (Fsp3) is 0.364. The zero-order chi connectivity index (χ0) is 20.4. The second-order valence-electron chi connectivity index (χ2n) is 7.83. The lowest BCUT2D eigenvalue weighted by Gasteiger charge is -2.39. The van der Waals surface area contributed by atoms with E-state index < -0.39 is 11.1 Å². The molecule has 0 spiro atoms. The van der Waals surface area contributed by atoms with Crippen LogP contribution >= 0.6 is 0 Å². The van der Waals surface area contributed by atoms with Crippen molar-refractivity contribution < 1.29 is 19.1 Å². The van der Waals surface area contributed by atoms with Gasteiger partial charge in [0.2, 0.25) is 0 Å². The van der Waals surface area contributed by atoms with Gasteiger partial charge < -0.3 is 20.1 Å². The highest BCUT2D eigenvalue weighted by molar-refractivity contribution is 6.25. The summed E-state index contributed by atoms with van der Waals surface area (Å²) < 4.78 is 10.9. The monoisotopic (exact) mass is 380 g/mol. The molecule has 2 N–H and O–H groups in total. The average molecular weight is 380 g/mol. The molecular formula is C22H24N2O4. The number of Topliss-reactive ketones (excluding diaryl/α,β-unsaturated/α-hetero) is 2. The molecular weight excluding hydrogens is 356 g/mol. The molecule has 2 aliphatic rings. The van der Waals surface area contributed by atoms with Gasteiger partial charge in [-0.3, -0.25) is 9.59 Å². The molecule has 0 radical (unpaired) electrons. The van der Waals surface area contributed by atoms with Gasteiger partial charge in [-0.25, -0.2) is 0 Å². The summed E-state index contributed by atoms with van der Waals surface area (Å²) in [5.74, 6) is 0.898. The minimum Gasteiger partial charge on any atom is -0.495 e. The number of aryl methyl sites for hydroxylation is 2. The van der Waals surface area contributed by atoms with Gasteiger partial charge >= 0.3 is 0 Å². The van der Waals surface area contributed by atoms with Crippen LogP contribution < -0.4 is 20.1 Å². The summed E-state index contributed by atoms with van der Waals surface area (Å²) in [6.45, 7) is 7.31. The first-order valence-electron chi connectivity index (χ1n) is 9.20. The Hall–Kier alpha value is -3.02. The van der Waals surface area contributed by atoms with Crippen molar-refractivity contribution in [2.24, 2.45) is 0 Å². The smallest absolute Gasteiger partial charge is 0.193 e. The van der Waals surface area contributed by atoms with Crippen molar-refractivity contribution in [2.45, 2.75) is 38.8 Å². The minimum atomic E-state index is -1.19. The number of ketones is 2. The average Bonchev–Trinajstić information content (AvgIpc) is 3.11. The van der Waals surface area contributed by atoms with Crippen molar-refractivity contribution in [2.75, 3.05) is 24.9 Å². The van der Waals surface area contributed by atoms with E-state index in [4.69, 9.17) is 9.47 Å². The zero-order valence-corrected chi connectivity index (χ0v) is 16.9. The molecule has 0 saturated carbocycles. The number of hydrogen-bond donors (Lipinski definition) is 2. The minimum absolute atomic E-state index is 0.133. The number of hydrogen-bond acceptors (Lipinski definition) is 6. The first-order chi connectivity index (χ1) is 13.2. The zero-order valence-electron chi connectivity index (χ0n) is 16.9. The highest BCUT2D eigenvalue weighted by atomic mass is 16.5. The van der Waals surface area contributed by atoms with Gasteiger partial charge in [0.05, 0.1) is 36.7 Å². The van der Waals surface area contributed by atoms with Crippen LogP contribution in [0.4, 0.5) is 11.4 Å². The van der Waals surface area contributed by atoms with Crippen LogP contribution in [0.1, 0.15) is 45.7 Å². The van der Waals surface area contributed by atoms with Crippen molar-refractivity contribution in [3.8, 4) is 11.5 Å². The first-order valence-corrected chi connectivity index (χ1v) is 9.20. The lowest BCUT2D eigenvalue weighted by molar-refractivity contribution is 0.0781. The van der Waals surface area contributed by atoms with E-state index in [1.165, 1.54) is 0 Å². The number of rotatable bonds is 3. The first kappa shape index (κ1) is 18.3. The second-order valence-corrected chi connectivity index (χ2v) is 7.83. The van der Waals surface area contributed by atoms with E-state index in [0.29, 0.717) is 34.0 Å². The topological polar surface area (TPSA) is 76.7 Å². The van der Waals surface area contributed by atoms with E-state index in [1.807, 2.05) is 38.1 Å². The van der Waals surface area contributed by atoms with E-state index in [1.54, 1.807) is 28.1 Å². The molecule has 2 atom stereocenters. The summed E-state index contributed by atoms with van der Waals surface area (Å²) in [5, 5.41) is 6.65. The van der Waals surface area contributed by atoms with Gasteiger partial charge in [-0.05, 0) is 51.0 Å². The van der Waals surface area contributed by atoms with Gasteiger partial charge in [0.15, 0.2) is 11.6 Å². The van der Waals surface area contributed by atoms with Crippen LogP contribution in [0.2, 0.25) is 0 Å². The Labute approximate surface area is 164 Å². The Balaban J connectivity index is 1.88. The van der Waals surface area contributed by atoms with Gasteiger partial charge in [0.25, 0.3) is 0 Å². The molecule has 0 saturated heterocycles. The van der Waals surface area contributed by atoms with Crippen LogP contribution in [0, 0.1) is 13.8 Å². The van der Waals surface area contributed by atoms with Gasteiger partial charge in [0, 0.05) is 0 Å². The van der Waals surface area contributed by atoms with Crippen LogP contribution in [0.15, 0.2) is 24.3 Å².